The number of aromatic nitrogens is 1. The second-order valence-corrected chi connectivity index (χ2v) is 7.22. The van der Waals surface area contributed by atoms with Gasteiger partial charge < -0.3 is 9.88 Å². The third kappa shape index (κ3) is 3.39. The molecule has 1 amide bonds. The first-order valence-electron chi connectivity index (χ1n) is 9.05. The van der Waals surface area contributed by atoms with Crippen LogP contribution in [-0.2, 0) is 16.8 Å². The topological polar surface area (TPSA) is 51.1 Å². The highest BCUT2D eigenvalue weighted by Crippen LogP contribution is 2.45. The van der Waals surface area contributed by atoms with E-state index in [2.05, 4.69) is 37.4 Å². The Kier molecular flexibility index (Phi) is 4.80. The van der Waals surface area contributed by atoms with Crippen molar-refractivity contribution in [1.82, 2.24) is 4.57 Å². The first kappa shape index (κ1) is 17.5. The van der Waals surface area contributed by atoms with Gasteiger partial charge in [0.25, 0.3) is 5.56 Å². The summed E-state index contributed by atoms with van der Waals surface area (Å²) in [4.78, 5) is 25.0. The number of amides is 1. The minimum absolute atomic E-state index is 0.0328. The molecule has 0 aliphatic heterocycles. The molecule has 1 saturated carbocycles. The summed E-state index contributed by atoms with van der Waals surface area (Å²) in [6, 6.07) is 9.61. The van der Waals surface area contributed by atoms with Gasteiger partial charge in [-0.3, -0.25) is 9.59 Å². The van der Waals surface area contributed by atoms with Crippen LogP contribution in [0.15, 0.2) is 41.3 Å². The molecule has 1 fully saturated rings. The first-order valence-corrected chi connectivity index (χ1v) is 9.05. The van der Waals surface area contributed by atoms with Crippen LogP contribution < -0.4 is 10.9 Å². The predicted molar refractivity (Wildman–Crippen MR) is 101 cm³/mol. The molecule has 1 aliphatic carbocycles. The van der Waals surface area contributed by atoms with Gasteiger partial charge in [-0.05, 0) is 44.7 Å². The van der Waals surface area contributed by atoms with Crippen molar-refractivity contribution >= 4 is 11.6 Å². The Morgan fingerprint density at radius 2 is 1.84 bits per heavy atom. The van der Waals surface area contributed by atoms with Crippen LogP contribution in [0.1, 0.15) is 49.3 Å². The Balaban J connectivity index is 1.88. The molecule has 0 spiro atoms. The number of hydrogen-bond acceptors (Lipinski definition) is 2. The maximum atomic E-state index is 13.1. The van der Waals surface area contributed by atoms with E-state index in [1.54, 1.807) is 16.8 Å². The number of pyridine rings is 1. The number of aryl methyl sites for hydroxylation is 3. The Hall–Kier alpha value is -2.36. The summed E-state index contributed by atoms with van der Waals surface area (Å²) in [5.41, 5.74) is 3.69. The van der Waals surface area contributed by atoms with Crippen LogP contribution >= 0.6 is 0 Å². The van der Waals surface area contributed by atoms with Gasteiger partial charge in [0.2, 0.25) is 5.91 Å². The van der Waals surface area contributed by atoms with Gasteiger partial charge in [-0.25, -0.2) is 0 Å². The second kappa shape index (κ2) is 6.87. The van der Waals surface area contributed by atoms with Crippen molar-refractivity contribution in [2.45, 2.75) is 58.4 Å². The lowest BCUT2D eigenvalue weighted by atomic mass is 9.63. The van der Waals surface area contributed by atoms with E-state index in [1.807, 2.05) is 6.92 Å². The summed E-state index contributed by atoms with van der Waals surface area (Å²) in [6.45, 7) is 6.83. The molecule has 1 aromatic carbocycles. The second-order valence-electron chi connectivity index (χ2n) is 7.22. The van der Waals surface area contributed by atoms with Crippen LogP contribution in [-0.4, -0.2) is 10.5 Å². The monoisotopic (exact) mass is 338 g/mol. The summed E-state index contributed by atoms with van der Waals surface area (Å²) in [7, 11) is 0. The van der Waals surface area contributed by atoms with Gasteiger partial charge in [-0.15, -0.1) is 0 Å². The normalized spacial score (nSPS) is 15.5. The average molecular weight is 338 g/mol. The number of carbonyl (C=O) groups excluding carboxylic acids is 1. The van der Waals surface area contributed by atoms with Crippen molar-refractivity contribution in [3.05, 3.63) is 63.6 Å². The number of anilines is 1. The molecular weight excluding hydrogens is 312 g/mol. The van der Waals surface area contributed by atoms with Crippen LogP contribution in [0.2, 0.25) is 0 Å². The molecule has 0 bridgehead atoms. The third-order valence-corrected chi connectivity index (χ3v) is 5.12. The highest BCUT2D eigenvalue weighted by molar-refractivity contribution is 5.99. The minimum Gasteiger partial charge on any atom is -0.324 e. The summed E-state index contributed by atoms with van der Waals surface area (Å²) in [5, 5.41) is 3.05. The molecule has 0 radical (unpaired) electrons. The van der Waals surface area contributed by atoms with E-state index in [4.69, 9.17) is 0 Å². The summed E-state index contributed by atoms with van der Waals surface area (Å²) in [6.07, 6.45) is 5.43. The lowest BCUT2D eigenvalue weighted by Gasteiger charge is -2.41. The quantitative estimate of drug-likeness (QED) is 0.898. The largest absolute Gasteiger partial charge is 0.324 e. The lowest BCUT2D eigenvalue weighted by Crippen LogP contribution is -2.46. The molecular formula is C21H26N2O2. The van der Waals surface area contributed by atoms with Crippen molar-refractivity contribution in [2.75, 3.05) is 5.32 Å². The Morgan fingerprint density at radius 1 is 1.16 bits per heavy atom. The van der Waals surface area contributed by atoms with Gasteiger partial charge in [0.15, 0.2) is 0 Å². The van der Waals surface area contributed by atoms with Crippen LogP contribution in [0.3, 0.4) is 0 Å². The maximum absolute atomic E-state index is 13.1. The summed E-state index contributed by atoms with van der Waals surface area (Å²) >= 11 is 0. The van der Waals surface area contributed by atoms with Crippen LogP contribution in [0.5, 0.6) is 0 Å². The molecule has 3 rings (SSSR count). The van der Waals surface area contributed by atoms with E-state index in [9.17, 15) is 9.59 Å². The minimum atomic E-state index is -0.442. The van der Waals surface area contributed by atoms with Gasteiger partial charge in [0, 0.05) is 18.8 Å². The van der Waals surface area contributed by atoms with E-state index >= 15 is 0 Å². The molecule has 132 valence electrons. The molecule has 1 aliphatic rings. The van der Waals surface area contributed by atoms with Crippen molar-refractivity contribution in [1.29, 1.82) is 0 Å². The Labute approximate surface area is 148 Å². The smallest absolute Gasteiger partial charge is 0.250 e. The zero-order valence-electron chi connectivity index (χ0n) is 15.3. The van der Waals surface area contributed by atoms with Crippen LogP contribution in [0, 0.1) is 13.8 Å². The number of nitrogens with one attached hydrogen (secondary N) is 1. The Bertz CT molecular complexity index is 827. The first-order chi connectivity index (χ1) is 11.9. The summed E-state index contributed by atoms with van der Waals surface area (Å²) in [5.74, 6) is 0.0328. The van der Waals surface area contributed by atoms with E-state index in [1.165, 1.54) is 17.2 Å². The number of benzene rings is 1. The highest BCUT2D eigenvalue weighted by Gasteiger charge is 2.45. The molecule has 4 nitrogen and oxygen atoms in total. The van der Waals surface area contributed by atoms with Gasteiger partial charge in [-0.1, -0.05) is 42.7 Å². The van der Waals surface area contributed by atoms with E-state index in [0.717, 1.165) is 31.2 Å². The number of carbonyl (C=O) groups is 1. The summed E-state index contributed by atoms with van der Waals surface area (Å²) < 4.78 is 1.65. The number of hydrogen-bond donors (Lipinski definition) is 1. The zero-order chi connectivity index (χ0) is 18.0. The fourth-order valence-corrected chi connectivity index (χ4v) is 3.70. The van der Waals surface area contributed by atoms with E-state index in [-0.39, 0.29) is 11.5 Å². The molecule has 1 aromatic heterocycles. The van der Waals surface area contributed by atoms with E-state index < -0.39 is 5.41 Å². The van der Waals surface area contributed by atoms with E-state index in [0.29, 0.717) is 12.2 Å². The SMILES string of the molecule is CCCn1cc(NC(=O)C2(c3cc(C)cc(C)c3)CCC2)ccc1=O. The Morgan fingerprint density at radius 3 is 2.40 bits per heavy atom. The number of nitrogens with zero attached hydrogens (tertiary/aromatic N) is 1. The molecule has 0 atom stereocenters. The molecule has 0 unspecified atom stereocenters. The third-order valence-electron chi connectivity index (χ3n) is 5.12. The predicted octanol–water partition coefficient (Wildman–Crippen LogP) is 3.94. The van der Waals surface area contributed by atoms with Gasteiger partial charge in [0.05, 0.1) is 11.1 Å². The standard InChI is InChI=1S/C21H26N2O2/c1-4-10-23-14-18(6-7-19(23)24)22-20(25)21(8-5-9-21)17-12-15(2)11-16(3)13-17/h6-7,11-14H,4-5,8-10H2,1-3H3,(H,22,25). The fourth-order valence-electron chi connectivity index (χ4n) is 3.70. The van der Waals surface area contributed by atoms with Crippen molar-refractivity contribution in [2.24, 2.45) is 0 Å². The average Bonchev–Trinajstić information content (AvgIpc) is 2.49. The highest BCUT2D eigenvalue weighted by atomic mass is 16.2. The van der Waals surface area contributed by atoms with Crippen molar-refractivity contribution in [3.8, 4) is 0 Å². The maximum Gasteiger partial charge on any atom is 0.250 e. The fraction of sp³-hybridized carbons (Fsp3) is 0.429. The van der Waals surface area contributed by atoms with Gasteiger partial charge in [-0.2, -0.15) is 0 Å². The zero-order valence-corrected chi connectivity index (χ0v) is 15.3. The molecule has 1 heterocycles. The van der Waals surface area contributed by atoms with Crippen molar-refractivity contribution in [3.63, 3.8) is 0 Å². The number of rotatable bonds is 5. The van der Waals surface area contributed by atoms with Gasteiger partial charge in [0.1, 0.15) is 0 Å². The lowest BCUT2D eigenvalue weighted by molar-refractivity contribution is -0.124. The molecule has 1 N–H and O–H groups in total. The van der Waals surface area contributed by atoms with Crippen LogP contribution in [0.25, 0.3) is 0 Å². The molecule has 4 heteroatoms. The van der Waals surface area contributed by atoms with Crippen LogP contribution in [0.4, 0.5) is 5.69 Å². The molecule has 25 heavy (non-hydrogen) atoms. The molecule has 2 aromatic rings. The van der Waals surface area contributed by atoms with Crippen molar-refractivity contribution < 1.29 is 4.79 Å². The molecule has 0 saturated heterocycles. The van der Waals surface area contributed by atoms with Gasteiger partial charge >= 0.3 is 0 Å².